The van der Waals surface area contributed by atoms with Gasteiger partial charge >= 0.3 is 5.97 Å². The van der Waals surface area contributed by atoms with Gasteiger partial charge in [-0.1, -0.05) is 11.8 Å². The van der Waals surface area contributed by atoms with Gasteiger partial charge in [-0.15, -0.1) is 26.6 Å². The van der Waals surface area contributed by atoms with Crippen molar-refractivity contribution in [2.75, 3.05) is 5.75 Å². The van der Waals surface area contributed by atoms with Crippen molar-refractivity contribution in [3.05, 3.63) is 34.9 Å². The number of amides is 1. The van der Waals surface area contributed by atoms with Gasteiger partial charge in [-0.25, -0.2) is 4.79 Å². The first kappa shape index (κ1) is 16.1. The monoisotopic (exact) mass is 377 g/mol. The van der Waals surface area contributed by atoms with E-state index in [0.29, 0.717) is 22.0 Å². The van der Waals surface area contributed by atoms with E-state index in [1.807, 2.05) is 0 Å². The first-order valence-electron chi connectivity index (χ1n) is 7.11. The van der Waals surface area contributed by atoms with Gasteiger partial charge in [0.1, 0.15) is 22.1 Å². The molecule has 2 aliphatic rings. The van der Waals surface area contributed by atoms with Gasteiger partial charge in [0.2, 0.25) is 5.91 Å². The molecule has 4 rings (SSSR count). The molecule has 2 aromatic heterocycles. The van der Waals surface area contributed by atoms with Gasteiger partial charge < -0.3 is 10.8 Å². The first-order valence-corrected chi connectivity index (χ1v) is 9.04. The van der Waals surface area contributed by atoms with Crippen molar-refractivity contribution in [2.24, 2.45) is 5.73 Å². The molecule has 0 unspecified atom stereocenters. The van der Waals surface area contributed by atoms with Gasteiger partial charge in [0.15, 0.2) is 5.65 Å². The van der Waals surface area contributed by atoms with Crippen LogP contribution in [0.15, 0.2) is 39.9 Å². The van der Waals surface area contributed by atoms with Crippen molar-refractivity contribution in [1.29, 1.82) is 0 Å². The molecular weight excluding hydrogens is 366 g/mol. The summed E-state index contributed by atoms with van der Waals surface area (Å²) in [7, 11) is 0. The smallest absolute Gasteiger partial charge is 0.352 e. The Morgan fingerprint density at radius 1 is 1.48 bits per heavy atom. The molecule has 12 heteroatoms. The van der Waals surface area contributed by atoms with Crippen LogP contribution in [0.5, 0.6) is 0 Å². The normalized spacial score (nSPS) is 23.2. The maximum absolute atomic E-state index is 11.9. The molecule has 128 valence electrons. The van der Waals surface area contributed by atoms with E-state index < -0.39 is 12.0 Å². The van der Waals surface area contributed by atoms with Crippen molar-refractivity contribution in [2.45, 2.75) is 16.4 Å². The maximum Gasteiger partial charge on any atom is 0.352 e. The van der Waals surface area contributed by atoms with Crippen LogP contribution in [0, 0.1) is 0 Å². The Morgan fingerprint density at radius 3 is 3.12 bits per heavy atom. The number of carboxylic acids is 1. The van der Waals surface area contributed by atoms with Crippen molar-refractivity contribution < 1.29 is 14.7 Å². The number of hydrogen-bond acceptors (Lipinski definition) is 9. The zero-order valence-corrected chi connectivity index (χ0v) is 14.1. The summed E-state index contributed by atoms with van der Waals surface area (Å²) in [5.41, 5.74) is 6.81. The highest BCUT2D eigenvalue weighted by molar-refractivity contribution is 8.02. The van der Waals surface area contributed by atoms with Crippen LogP contribution >= 0.6 is 23.5 Å². The van der Waals surface area contributed by atoms with Gasteiger partial charge in [-0.05, 0) is 39.6 Å². The predicted molar refractivity (Wildman–Crippen MR) is 89.3 cm³/mol. The van der Waals surface area contributed by atoms with Crippen molar-refractivity contribution in [3.63, 3.8) is 0 Å². The molecule has 2 aromatic rings. The molecule has 1 amide bonds. The van der Waals surface area contributed by atoms with E-state index in [4.69, 9.17) is 5.73 Å². The third-order valence-corrected chi connectivity index (χ3v) is 5.80. The van der Waals surface area contributed by atoms with E-state index >= 15 is 0 Å². The minimum absolute atomic E-state index is 0.00353. The molecule has 0 bridgehead atoms. The largest absolute Gasteiger partial charge is 0.477 e. The van der Waals surface area contributed by atoms with Crippen LogP contribution in [0.2, 0.25) is 0 Å². The third-order valence-electron chi connectivity index (χ3n) is 3.74. The second kappa shape index (κ2) is 6.13. The van der Waals surface area contributed by atoms with Crippen LogP contribution in [0.1, 0.15) is 0 Å². The van der Waals surface area contributed by atoms with Gasteiger partial charge in [0, 0.05) is 5.75 Å². The molecule has 4 heterocycles. The quantitative estimate of drug-likeness (QED) is 0.539. The van der Waals surface area contributed by atoms with Crippen molar-refractivity contribution in [3.8, 4) is 0 Å². The SMILES string of the molecule is N[C@@H]1C(=O)N2C(C(=O)O)=C(/C=C/Sc3ccc4nnnn4n3)CS[C@H]12. The molecule has 25 heavy (non-hydrogen) atoms. The van der Waals surface area contributed by atoms with E-state index in [9.17, 15) is 14.7 Å². The molecule has 0 saturated carbocycles. The zero-order valence-electron chi connectivity index (χ0n) is 12.5. The summed E-state index contributed by atoms with van der Waals surface area (Å²) in [6.45, 7) is 0. The first-order chi connectivity index (χ1) is 12.1. The average molecular weight is 377 g/mol. The molecule has 1 fully saturated rings. The highest BCUT2D eigenvalue weighted by atomic mass is 32.2. The molecule has 0 aliphatic carbocycles. The summed E-state index contributed by atoms with van der Waals surface area (Å²) in [4.78, 5) is 24.7. The van der Waals surface area contributed by atoms with Gasteiger partial charge in [-0.2, -0.15) is 0 Å². The Bertz CT molecular complexity index is 941. The molecule has 0 radical (unpaired) electrons. The van der Waals surface area contributed by atoms with Crippen LogP contribution in [0.4, 0.5) is 0 Å². The number of aromatic nitrogens is 5. The minimum atomic E-state index is -1.14. The number of hydrogen-bond donors (Lipinski definition) is 2. The lowest BCUT2D eigenvalue weighted by atomic mass is 10.0. The maximum atomic E-state index is 11.9. The van der Waals surface area contributed by atoms with Crippen LogP contribution in [0.25, 0.3) is 5.65 Å². The lowest BCUT2D eigenvalue weighted by Crippen LogP contribution is -2.68. The van der Waals surface area contributed by atoms with E-state index in [-0.39, 0.29) is 17.0 Å². The summed E-state index contributed by atoms with van der Waals surface area (Å²) in [5, 5.41) is 26.7. The van der Waals surface area contributed by atoms with Crippen LogP contribution in [-0.4, -0.2) is 64.3 Å². The molecular formula is C13H11N7O3S2. The Morgan fingerprint density at radius 2 is 2.32 bits per heavy atom. The number of aliphatic carboxylic acids is 1. The lowest BCUT2D eigenvalue weighted by molar-refractivity contribution is -0.147. The molecule has 3 N–H and O–H groups in total. The molecule has 2 atom stereocenters. The number of β-lactam (4-membered cyclic amide) rings is 1. The van der Waals surface area contributed by atoms with E-state index in [0.717, 1.165) is 0 Å². The zero-order chi connectivity index (χ0) is 17.6. The number of carbonyl (C=O) groups is 2. The fraction of sp³-hybridized carbons (Fsp3) is 0.231. The minimum Gasteiger partial charge on any atom is -0.477 e. The Hall–Kier alpha value is -2.44. The number of tetrazole rings is 1. The number of nitrogens with zero attached hydrogens (tertiary/aromatic N) is 6. The Labute approximate surface area is 149 Å². The number of rotatable bonds is 4. The summed E-state index contributed by atoms with van der Waals surface area (Å²) >= 11 is 2.75. The molecule has 10 nitrogen and oxygen atoms in total. The van der Waals surface area contributed by atoms with Gasteiger partial charge in [0.05, 0.1) is 0 Å². The molecule has 2 aliphatic heterocycles. The molecule has 1 saturated heterocycles. The van der Waals surface area contributed by atoms with Gasteiger partial charge in [-0.3, -0.25) is 9.69 Å². The number of fused-ring (bicyclic) bond motifs is 2. The lowest BCUT2D eigenvalue weighted by Gasteiger charge is -2.47. The summed E-state index contributed by atoms with van der Waals surface area (Å²) in [6.07, 6.45) is 1.68. The molecule has 0 spiro atoms. The number of carboxylic acid groups (broad SMARTS) is 1. The van der Waals surface area contributed by atoms with Gasteiger partial charge in [0.25, 0.3) is 0 Å². The summed E-state index contributed by atoms with van der Waals surface area (Å²) in [6, 6.07) is 2.86. The number of nitrogens with two attached hydrogens (primary N) is 1. The van der Waals surface area contributed by atoms with E-state index in [1.165, 1.54) is 33.1 Å². The van der Waals surface area contributed by atoms with Crippen molar-refractivity contribution in [1.82, 2.24) is 30.2 Å². The van der Waals surface area contributed by atoms with E-state index in [1.54, 1.807) is 23.6 Å². The summed E-state index contributed by atoms with van der Waals surface area (Å²) in [5.74, 6) is -1.03. The fourth-order valence-corrected chi connectivity index (χ4v) is 4.46. The molecule has 0 aromatic carbocycles. The Balaban J connectivity index is 1.56. The van der Waals surface area contributed by atoms with Crippen LogP contribution < -0.4 is 5.73 Å². The highest BCUT2D eigenvalue weighted by Gasteiger charge is 2.51. The average Bonchev–Trinajstić information content (AvgIpc) is 3.08. The van der Waals surface area contributed by atoms with Crippen LogP contribution in [-0.2, 0) is 9.59 Å². The second-order valence-corrected chi connectivity index (χ2v) is 7.26. The fourth-order valence-electron chi connectivity index (χ4n) is 2.55. The standard InChI is InChI=1S/C13H11N7O3S2/c14-9-11(21)19-10(13(22)23)6(5-25-12(9)19)3-4-24-8-2-1-7-15-17-18-20(7)16-8/h1-4,9,12H,5,14H2,(H,22,23)/b4-3+/t9-,12-/m1/s1. The van der Waals surface area contributed by atoms with Crippen LogP contribution in [0.3, 0.4) is 0 Å². The Kier molecular flexibility index (Phi) is 3.94. The van der Waals surface area contributed by atoms with E-state index in [2.05, 4.69) is 20.6 Å². The topological polar surface area (TPSA) is 140 Å². The third kappa shape index (κ3) is 2.67. The number of allylic oxidation sites excluding steroid dienone is 1. The second-order valence-electron chi connectivity index (χ2n) is 5.23. The predicted octanol–water partition coefficient (Wildman–Crippen LogP) is -0.294. The highest BCUT2D eigenvalue weighted by Crippen LogP contribution is 2.39. The summed E-state index contributed by atoms with van der Waals surface area (Å²) < 4.78 is 1.30. The number of carbonyl (C=O) groups excluding carboxylic acids is 1. The van der Waals surface area contributed by atoms with Crippen molar-refractivity contribution >= 4 is 41.0 Å². The number of thioether (sulfide) groups is 2.